The van der Waals surface area contributed by atoms with Gasteiger partial charge in [0.1, 0.15) is 9.29 Å². The molecule has 1 heterocycles. The number of hydrogen-bond donors (Lipinski definition) is 1. The predicted molar refractivity (Wildman–Crippen MR) is 73.9 cm³/mol. The van der Waals surface area contributed by atoms with Gasteiger partial charge in [-0.15, -0.1) is 12.6 Å². The summed E-state index contributed by atoms with van der Waals surface area (Å²) in [4.78, 5) is 9.96. The number of methoxy groups -OCH3 is 1. The Hall–Kier alpha value is -0.460. The van der Waals surface area contributed by atoms with E-state index in [-0.39, 0.29) is 5.97 Å². The Labute approximate surface area is 110 Å². The molecule has 1 aromatic rings. The molecule has 0 spiro atoms. The minimum Gasteiger partial charge on any atom is -0.469 e. The molecular weight excluding hydrogens is 264 g/mol. The SMILES string of the molecule is CCC(=O)OC.S=C(S)SCc1ccco1. The number of hydrogen-bond acceptors (Lipinski definition) is 5. The fourth-order valence-corrected chi connectivity index (χ4v) is 1.47. The van der Waals surface area contributed by atoms with Gasteiger partial charge < -0.3 is 9.15 Å². The molecule has 0 N–H and O–H groups in total. The Kier molecular flexibility index (Phi) is 9.46. The van der Waals surface area contributed by atoms with Crippen molar-refractivity contribution in [3.05, 3.63) is 24.2 Å². The minimum absolute atomic E-state index is 0.157. The highest BCUT2D eigenvalue weighted by Gasteiger charge is 1.95. The van der Waals surface area contributed by atoms with Gasteiger partial charge in [0.25, 0.3) is 0 Å². The number of carbonyl (C=O) groups is 1. The van der Waals surface area contributed by atoms with Crippen LogP contribution in [-0.4, -0.2) is 16.6 Å². The highest BCUT2D eigenvalue weighted by Crippen LogP contribution is 2.15. The van der Waals surface area contributed by atoms with E-state index in [9.17, 15) is 4.79 Å². The topological polar surface area (TPSA) is 39.4 Å². The first-order valence-corrected chi connectivity index (χ1v) is 6.39. The standard InChI is InChI=1S/C6H6OS3.C4H8O2/c8-6(9)10-4-5-2-1-3-7-5;1-3-4(5)6-2/h1-3H,4H2,(H,8,9);3H2,1-2H3. The Morgan fingerprint density at radius 3 is 2.69 bits per heavy atom. The lowest BCUT2D eigenvalue weighted by molar-refractivity contribution is -0.140. The first-order chi connectivity index (χ1) is 7.60. The van der Waals surface area contributed by atoms with Gasteiger partial charge in [-0.25, -0.2) is 0 Å². The highest BCUT2D eigenvalue weighted by atomic mass is 32.2. The third kappa shape index (κ3) is 8.82. The molecule has 0 amide bonds. The van der Waals surface area contributed by atoms with Crippen LogP contribution in [0.4, 0.5) is 0 Å². The molecule has 0 unspecified atom stereocenters. The number of furan rings is 1. The number of carbonyl (C=O) groups excluding carboxylic acids is 1. The Bertz CT molecular complexity index is 303. The molecule has 6 heteroatoms. The van der Waals surface area contributed by atoms with Gasteiger partial charge in [-0.1, -0.05) is 30.9 Å². The number of thiocarbonyl (C=S) groups is 1. The van der Waals surface area contributed by atoms with Crippen LogP contribution in [0.1, 0.15) is 19.1 Å². The van der Waals surface area contributed by atoms with E-state index in [0.717, 1.165) is 11.5 Å². The molecule has 16 heavy (non-hydrogen) atoms. The van der Waals surface area contributed by atoms with Crippen LogP contribution in [0.3, 0.4) is 0 Å². The maximum atomic E-state index is 9.96. The van der Waals surface area contributed by atoms with E-state index in [1.807, 2.05) is 12.1 Å². The largest absolute Gasteiger partial charge is 0.469 e. The van der Waals surface area contributed by atoms with Crippen LogP contribution >= 0.6 is 36.6 Å². The lowest BCUT2D eigenvalue weighted by Gasteiger charge is -1.91. The average Bonchev–Trinajstić information content (AvgIpc) is 2.79. The molecule has 0 bridgehead atoms. The summed E-state index contributed by atoms with van der Waals surface area (Å²) >= 11 is 10.2. The van der Waals surface area contributed by atoms with Gasteiger partial charge in [-0.05, 0) is 12.1 Å². The molecule has 0 fully saturated rings. The van der Waals surface area contributed by atoms with Crippen LogP contribution in [0.15, 0.2) is 22.8 Å². The maximum Gasteiger partial charge on any atom is 0.305 e. The monoisotopic (exact) mass is 278 g/mol. The molecule has 3 nitrogen and oxygen atoms in total. The number of thioether (sulfide) groups is 1. The normalized spacial score (nSPS) is 8.94. The molecular formula is C10H14O3S3. The summed E-state index contributed by atoms with van der Waals surface area (Å²) in [5.41, 5.74) is 0. The summed E-state index contributed by atoms with van der Waals surface area (Å²) in [7, 11) is 1.38. The second-order valence-electron chi connectivity index (χ2n) is 2.56. The Morgan fingerprint density at radius 2 is 2.38 bits per heavy atom. The molecule has 0 aliphatic rings. The van der Waals surface area contributed by atoms with Crippen molar-refractivity contribution >= 4 is 46.1 Å². The van der Waals surface area contributed by atoms with Gasteiger partial charge >= 0.3 is 5.97 Å². The van der Waals surface area contributed by atoms with Gasteiger partial charge in [-0.2, -0.15) is 0 Å². The van der Waals surface area contributed by atoms with Gasteiger partial charge in [0, 0.05) is 6.42 Å². The third-order valence-corrected chi connectivity index (χ3v) is 2.85. The van der Waals surface area contributed by atoms with Crippen molar-refractivity contribution < 1.29 is 13.9 Å². The van der Waals surface area contributed by atoms with E-state index in [1.165, 1.54) is 18.9 Å². The fourth-order valence-electron chi connectivity index (χ4n) is 0.672. The van der Waals surface area contributed by atoms with Crippen molar-refractivity contribution in [2.45, 2.75) is 19.1 Å². The van der Waals surface area contributed by atoms with Crippen LogP contribution in [0.2, 0.25) is 0 Å². The van der Waals surface area contributed by atoms with E-state index in [2.05, 4.69) is 17.4 Å². The third-order valence-electron chi connectivity index (χ3n) is 1.43. The lowest BCUT2D eigenvalue weighted by Crippen LogP contribution is -1.94. The number of ether oxygens (including phenoxy) is 1. The number of thiol groups is 1. The molecule has 0 aromatic carbocycles. The summed E-state index contributed by atoms with van der Waals surface area (Å²) in [6, 6.07) is 3.77. The molecule has 1 aromatic heterocycles. The van der Waals surface area contributed by atoms with Crippen LogP contribution in [0, 0.1) is 0 Å². The second-order valence-corrected chi connectivity index (χ2v) is 5.27. The average molecular weight is 278 g/mol. The van der Waals surface area contributed by atoms with Crippen molar-refractivity contribution in [3.63, 3.8) is 0 Å². The summed E-state index contributed by atoms with van der Waals surface area (Å²) < 4.78 is 9.98. The van der Waals surface area contributed by atoms with Crippen LogP contribution in [-0.2, 0) is 15.3 Å². The Balaban J connectivity index is 0.000000325. The zero-order valence-electron chi connectivity index (χ0n) is 9.13. The van der Waals surface area contributed by atoms with Crippen molar-refractivity contribution in [2.75, 3.05) is 7.11 Å². The van der Waals surface area contributed by atoms with Crippen molar-refractivity contribution in [1.29, 1.82) is 0 Å². The van der Waals surface area contributed by atoms with Gasteiger partial charge in [-0.3, -0.25) is 4.79 Å². The number of rotatable bonds is 3. The summed E-state index contributed by atoms with van der Waals surface area (Å²) in [5, 5.41) is 0. The van der Waals surface area contributed by atoms with Crippen molar-refractivity contribution in [3.8, 4) is 0 Å². The molecule has 1 rings (SSSR count). The van der Waals surface area contributed by atoms with E-state index in [4.69, 9.17) is 16.6 Å². The highest BCUT2D eigenvalue weighted by molar-refractivity contribution is 8.41. The quantitative estimate of drug-likeness (QED) is 0.522. The van der Waals surface area contributed by atoms with Crippen molar-refractivity contribution in [1.82, 2.24) is 0 Å². The van der Waals surface area contributed by atoms with E-state index in [0.29, 0.717) is 9.95 Å². The van der Waals surface area contributed by atoms with Crippen LogP contribution in [0.25, 0.3) is 0 Å². The summed E-state index contributed by atoms with van der Waals surface area (Å²) in [5.74, 6) is 1.55. The van der Waals surface area contributed by atoms with Crippen molar-refractivity contribution in [2.24, 2.45) is 0 Å². The first kappa shape index (κ1) is 15.5. The van der Waals surface area contributed by atoms with Crippen LogP contribution < -0.4 is 0 Å². The number of esters is 1. The minimum atomic E-state index is -0.157. The van der Waals surface area contributed by atoms with Gasteiger partial charge in [0.15, 0.2) is 0 Å². The second kappa shape index (κ2) is 9.74. The van der Waals surface area contributed by atoms with Gasteiger partial charge in [0.05, 0.1) is 19.1 Å². The zero-order valence-corrected chi connectivity index (χ0v) is 11.7. The van der Waals surface area contributed by atoms with Crippen LogP contribution in [0.5, 0.6) is 0 Å². The molecule has 0 saturated carbocycles. The molecule has 90 valence electrons. The maximum absolute atomic E-state index is 9.96. The molecule has 0 saturated heterocycles. The first-order valence-electron chi connectivity index (χ1n) is 4.55. The van der Waals surface area contributed by atoms with E-state index >= 15 is 0 Å². The molecule has 0 radical (unpaired) electrons. The Morgan fingerprint density at radius 1 is 1.69 bits per heavy atom. The molecule has 0 aliphatic carbocycles. The lowest BCUT2D eigenvalue weighted by atomic mass is 10.5. The zero-order chi connectivity index (χ0) is 12.4. The van der Waals surface area contributed by atoms with E-state index in [1.54, 1.807) is 13.2 Å². The van der Waals surface area contributed by atoms with E-state index < -0.39 is 0 Å². The summed E-state index contributed by atoms with van der Waals surface area (Å²) in [6.07, 6.45) is 2.12. The molecule has 0 aliphatic heterocycles. The predicted octanol–water partition coefficient (Wildman–Crippen LogP) is 3.30. The summed E-state index contributed by atoms with van der Waals surface area (Å²) in [6.45, 7) is 1.76. The van der Waals surface area contributed by atoms with Gasteiger partial charge in [0.2, 0.25) is 0 Å². The smallest absolute Gasteiger partial charge is 0.305 e. The molecule has 0 atom stereocenters. The fraction of sp³-hybridized carbons (Fsp3) is 0.400.